The Hall–Kier alpha value is -0.170. The molecule has 2 N–H and O–H groups in total. The van der Waals surface area contributed by atoms with E-state index in [4.69, 9.17) is 19.9 Å². The maximum atomic E-state index is 10.5. The van der Waals surface area contributed by atoms with E-state index in [0.29, 0.717) is 31.4 Å². The molecule has 0 bridgehead atoms. The second-order valence-electron chi connectivity index (χ2n) is 2.97. The summed E-state index contributed by atoms with van der Waals surface area (Å²) in [5.74, 6) is -0.315. The summed E-state index contributed by atoms with van der Waals surface area (Å²) < 4.78 is 15.3. The first-order valence-corrected chi connectivity index (χ1v) is 5.85. The van der Waals surface area contributed by atoms with Crippen LogP contribution in [0.15, 0.2) is 0 Å². The highest BCUT2D eigenvalue weighted by atomic mass is 79.9. The lowest BCUT2D eigenvalue weighted by molar-refractivity contribution is -0.120. The smallest absolute Gasteiger partial charge is 0.217 e. The van der Waals surface area contributed by atoms with Gasteiger partial charge in [-0.3, -0.25) is 4.79 Å². The van der Waals surface area contributed by atoms with Gasteiger partial charge in [0.15, 0.2) is 0 Å². The molecule has 0 aromatic rings. The molecule has 1 atom stereocenters. The third kappa shape index (κ3) is 10.1. The standard InChI is InChI=1S/C9H18BrNO4/c1-13-4-5-14-7-15-8(6-10)2-3-9(11)12/h8H,2-7H2,1H3,(H2,11,12)/t8-/m1/s1. The number of halogens is 1. The number of rotatable bonds is 10. The van der Waals surface area contributed by atoms with Gasteiger partial charge < -0.3 is 19.9 Å². The number of alkyl halides is 1. The fourth-order valence-electron chi connectivity index (χ4n) is 0.854. The SMILES string of the molecule is COCCOCO[C@@H](CBr)CCC(N)=O. The van der Waals surface area contributed by atoms with E-state index in [1.807, 2.05) is 0 Å². The largest absolute Gasteiger partial charge is 0.382 e. The van der Waals surface area contributed by atoms with Crippen molar-refractivity contribution in [3.63, 3.8) is 0 Å². The van der Waals surface area contributed by atoms with Crippen molar-refractivity contribution in [3.05, 3.63) is 0 Å². The normalized spacial score (nSPS) is 12.7. The average molecular weight is 284 g/mol. The highest BCUT2D eigenvalue weighted by molar-refractivity contribution is 9.09. The summed E-state index contributed by atoms with van der Waals surface area (Å²) in [4.78, 5) is 10.5. The van der Waals surface area contributed by atoms with Crippen molar-refractivity contribution in [2.75, 3.05) is 32.4 Å². The summed E-state index contributed by atoms with van der Waals surface area (Å²) in [6.45, 7) is 1.25. The zero-order valence-electron chi connectivity index (χ0n) is 8.91. The predicted molar refractivity (Wildman–Crippen MR) is 59.8 cm³/mol. The minimum Gasteiger partial charge on any atom is -0.382 e. The van der Waals surface area contributed by atoms with Gasteiger partial charge in [-0.25, -0.2) is 0 Å². The monoisotopic (exact) mass is 283 g/mol. The summed E-state index contributed by atoms with van der Waals surface area (Å²) in [6.07, 6.45) is 0.891. The van der Waals surface area contributed by atoms with E-state index >= 15 is 0 Å². The Kier molecular flexibility index (Phi) is 10.2. The molecule has 0 aromatic heterocycles. The summed E-state index contributed by atoms with van der Waals surface area (Å²) in [5, 5.41) is 0.661. The molecule has 0 fully saturated rings. The van der Waals surface area contributed by atoms with E-state index in [2.05, 4.69) is 15.9 Å². The van der Waals surface area contributed by atoms with Crippen LogP contribution >= 0.6 is 15.9 Å². The van der Waals surface area contributed by atoms with Crippen LogP contribution in [-0.4, -0.2) is 44.5 Å². The van der Waals surface area contributed by atoms with Crippen molar-refractivity contribution in [1.29, 1.82) is 0 Å². The Balaban J connectivity index is 3.40. The number of carbonyl (C=O) groups excluding carboxylic acids is 1. The molecule has 0 aliphatic carbocycles. The number of ether oxygens (including phenoxy) is 3. The van der Waals surface area contributed by atoms with Crippen LogP contribution < -0.4 is 5.73 Å². The van der Waals surface area contributed by atoms with Crippen molar-refractivity contribution in [2.24, 2.45) is 5.73 Å². The molecule has 0 aliphatic rings. The quantitative estimate of drug-likeness (QED) is 0.363. The molecule has 0 aromatic carbocycles. The van der Waals surface area contributed by atoms with Gasteiger partial charge in [-0.2, -0.15) is 0 Å². The van der Waals surface area contributed by atoms with Gasteiger partial charge in [0.1, 0.15) is 6.79 Å². The molecule has 15 heavy (non-hydrogen) atoms. The first-order valence-electron chi connectivity index (χ1n) is 4.73. The third-order valence-electron chi connectivity index (χ3n) is 1.70. The summed E-state index contributed by atoms with van der Waals surface area (Å²) in [5.41, 5.74) is 5.03. The molecule has 0 saturated heterocycles. The topological polar surface area (TPSA) is 70.8 Å². The van der Waals surface area contributed by atoms with Crippen LogP contribution in [0.1, 0.15) is 12.8 Å². The molecule has 0 spiro atoms. The van der Waals surface area contributed by atoms with Gasteiger partial charge in [0.25, 0.3) is 0 Å². The Morgan fingerprint density at radius 3 is 2.73 bits per heavy atom. The van der Waals surface area contributed by atoms with Gasteiger partial charge >= 0.3 is 0 Å². The third-order valence-corrected chi connectivity index (χ3v) is 2.43. The number of hydrogen-bond acceptors (Lipinski definition) is 4. The minimum atomic E-state index is -0.315. The number of carbonyl (C=O) groups is 1. The van der Waals surface area contributed by atoms with Crippen LogP contribution in [0.2, 0.25) is 0 Å². The molecule has 0 unspecified atom stereocenters. The van der Waals surface area contributed by atoms with Gasteiger partial charge in [-0.05, 0) is 6.42 Å². The minimum absolute atomic E-state index is 0.0416. The second-order valence-corrected chi connectivity index (χ2v) is 3.61. The van der Waals surface area contributed by atoms with Crippen LogP contribution in [0, 0.1) is 0 Å². The zero-order valence-corrected chi connectivity index (χ0v) is 10.5. The van der Waals surface area contributed by atoms with Crippen LogP contribution in [0.4, 0.5) is 0 Å². The number of amides is 1. The van der Waals surface area contributed by atoms with Gasteiger partial charge in [0.2, 0.25) is 5.91 Å². The van der Waals surface area contributed by atoms with Gasteiger partial charge in [-0.1, -0.05) is 15.9 Å². The molecular weight excluding hydrogens is 266 g/mol. The highest BCUT2D eigenvalue weighted by Crippen LogP contribution is 2.05. The van der Waals surface area contributed by atoms with E-state index < -0.39 is 0 Å². The van der Waals surface area contributed by atoms with Crippen molar-refractivity contribution >= 4 is 21.8 Å². The number of nitrogens with two attached hydrogens (primary N) is 1. The Morgan fingerprint density at radius 2 is 2.20 bits per heavy atom. The molecule has 0 heterocycles. The van der Waals surface area contributed by atoms with Crippen LogP contribution in [0.25, 0.3) is 0 Å². The summed E-state index contributed by atoms with van der Waals surface area (Å²) in [7, 11) is 1.61. The van der Waals surface area contributed by atoms with E-state index in [0.717, 1.165) is 0 Å². The molecule has 90 valence electrons. The number of methoxy groups -OCH3 is 1. The van der Waals surface area contributed by atoms with Crippen molar-refractivity contribution in [2.45, 2.75) is 18.9 Å². The fourth-order valence-corrected chi connectivity index (χ4v) is 1.36. The second kappa shape index (κ2) is 10.4. The highest BCUT2D eigenvalue weighted by Gasteiger charge is 2.08. The number of hydrogen-bond donors (Lipinski definition) is 1. The molecule has 0 rings (SSSR count). The molecule has 0 aliphatic heterocycles. The molecule has 0 radical (unpaired) electrons. The fraction of sp³-hybridized carbons (Fsp3) is 0.889. The molecule has 5 nitrogen and oxygen atoms in total. The summed E-state index contributed by atoms with van der Waals surface area (Å²) >= 11 is 3.29. The first kappa shape index (κ1) is 14.8. The van der Waals surface area contributed by atoms with Gasteiger partial charge in [0, 0.05) is 18.9 Å². The zero-order chi connectivity index (χ0) is 11.5. The lowest BCUT2D eigenvalue weighted by Gasteiger charge is -2.14. The summed E-state index contributed by atoms with van der Waals surface area (Å²) in [6, 6.07) is 0. The lowest BCUT2D eigenvalue weighted by atomic mass is 10.2. The molecular formula is C9H18BrNO4. The van der Waals surface area contributed by atoms with Crippen LogP contribution in [0.5, 0.6) is 0 Å². The van der Waals surface area contributed by atoms with Crippen molar-refractivity contribution < 1.29 is 19.0 Å². The Morgan fingerprint density at radius 1 is 1.47 bits per heavy atom. The Bertz CT molecular complexity index is 168. The van der Waals surface area contributed by atoms with Gasteiger partial charge in [0.05, 0.1) is 19.3 Å². The van der Waals surface area contributed by atoms with E-state index in [-0.39, 0.29) is 18.8 Å². The van der Waals surface area contributed by atoms with E-state index in [1.54, 1.807) is 7.11 Å². The Labute approximate surface area is 98.4 Å². The average Bonchev–Trinajstić information content (AvgIpc) is 2.22. The maximum Gasteiger partial charge on any atom is 0.217 e. The van der Waals surface area contributed by atoms with E-state index in [1.165, 1.54) is 0 Å². The first-order chi connectivity index (χ1) is 7.20. The van der Waals surface area contributed by atoms with Crippen LogP contribution in [-0.2, 0) is 19.0 Å². The maximum absolute atomic E-state index is 10.5. The molecule has 1 amide bonds. The number of primary amides is 1. The molecule has 6 heteroatoms. The van der Waals surface area contributed by atoms with Gasteiger partial charge in [-0.15, -0.1) is 0 Å². The predicted octanol–water partition coefficient (Wildman–Crippen LogP) is 0.652. The van der Waals surface area contributed by atoms with Crippen molar-refractivity contribution in [1.82, 2.24) is 0 Å². The van der Waals surface area contributed by atoms with Crippen LogP contribution in [0.3, 0.4) is 0 Å². The van der Waals surface area contributed by atoms with Crippen molar-refractivity contribution in [3.8, 4) is 0 Å². The molecule has 0 saturated carbocycles. The van der Waals surface area contributed by atoms with E-state index in [9.17, 15) is 4.79 Å². The lowest BCUT2D eigenvalue weighted by Crippen LogP contribution is -2.21.